The zero-order valence-electron chi connectivity index (χ0n) is 17.2. The Kier molecular flexibility index (Phi) is 6.71. The Morgan fingerprint density at radius 1 is 0.903 bits per heavy atom. The SMILES string of the molecule is CC(=O)c1ccccc1NC(=O)CNc1cccc(S(=O)(=O)N(C)c2ccccc2)c1. The lowest BCUT2D eigenvalue weighted by Gasteiger charge is -2.20. The first kappa shape index (κ1) is 22.0. The van der Waals surface area contributed by atoms with Gasteiger partial charge in [-0.1, -0.05) is 36.4 Å². The van der Waals surface area contributed by atoms with Crippen LogP contribution in [0.15, 0.2) is 83.8 Å². The highest BCUT2D eigenvalue weighted by Crippen LogP contribution is 2.23. The lowest BCUT2D eigenvalue weighted by molar-refractivity contribution is -0.114. The number of anilines is 3. The quantitative estimate of drug-likeness (QED) is 0.523. The molecule has 31 heavy (non-hydrogen) atoms. The predicted octanol–water partition coefficient (Wildman–Crippen LogP) is 3.76. The molecule has 0 radical (unpaired) electrons. The number of ketones is 1. The fourth-order valence-electron chi connectivity index (χ4n) is 2.98. The molecule has 0 aliphatic heterocycles. The predicted molar refractivity (Wildman–Crippen MR) is 122 cm³/mol. The Bertz CT molecular complexity index is 1190. The Morgan fingerprint density at radius 2 is 1.58 bits per heavy atom. The van der Waals surface area contributed by atoms with Gasteiger partial charge < -0.3 is 10.6 Å². The molecule has 0 heterocycles. The smallest absolute Gasteiger partial charge is 0.264 e. The molecule has 0 atom stereocenters. The van der Waals surface area contributed by atoms with Crippen LogP contribution >= 0.6 is 0 Å². The summed E-state index contributed by atoms with van der Waals surface area (Å²) < 4.78 is 27.1. The number of rotatable bonds is 8. The fourth-order valence-corrected chi connectivity index (χ4v) is 4.22. The molecule has 0 bridgehead atoms. The molecule has 0 aliphatic rings. The maximum atomic E-state index is 13.0. The van der Waals surface area contributed by atoms with Crippen molar-refractivity contribution in [1.29, 1.82) is 0 Å². The van der Waals surface area contributed by atoms with E-state index in [1.54, 1.807) is 60.7 Å². The van der Waals surface area contributed by atoms with Gasteiger partial charge in [0.05, 0.1) is 22.8 Å². The number of amides is 1. The standard InChI is InChI=1S/C23H23N3O4S/c1-17(27)21-13-6-7-14-22(21)25-23(28)16-24-18-9-8-12-20(15-18)31(29,30)26(2)19-10-4-3-5-11-19/h3-15,24H,16H2,1-2H3,(H,25,28). The number of nitrogens with zero attached hydrogens (tertiary/aromatic N) is 1. The van der Waals surface area contributed by atoms with Crippen LogP contribution in [0.5, 0.6) is 0 Å². The maximum Gasteiger partial charge on any atom is 0.264 e. The third-order valence-corrected chi connectivity index (χ3v) is 6.43. The van der Waals surface area contributed by atoms with Gasteiger partial charge in [0, 0.05) is 18.3 Å². The molecule has 160 valence electrons. The molecule has 0 unspecified atom stereocenters. The zero-order valence-corrected chi connectivity index (χ0v) is 18.0. The van der Waals surface area contributed by atoms with E-state index in [-0.39, 0.29) is 23.1 Å². The van der Waals surface area contributed by atoms with E-state index in [9.17, 15) is 18.0 Å². The minimum absolute atomic E-state index is 0.0930. The number of sulfonamides is 1. The van der Waals surface area contributed by atoms with Crippen LogP contribution in [-0.4, -0.2) is 33.7 Å². The first-order valence-corrected chi connectivity index (χ1v) is 11.0. The van der Waals surface area contributed by atoms with Crippen LogP contribution in [0, 0.1) is 0 Å². The Balaban J connectivity index is 1.70. The van der Waals surface area contributed by atoms with Gasteiger partial charge in [0.25, 0.3) is 10.0 Å². The maximum absolute atomic E-state index is 13.0. The number of para-hydroxylation sites is 2. The summed E-state index contributed by atoms with van der Waals surface area (Å²) in [5.41, 5.74) is 1.89. The third kappa shape index (κ3) is 5.29. The minimum atomic E-state index is -3.76. The van der Waals surface area contributed by atoms with E-state index in [2.05, 4.69) is 10.6 Å². The molecule has 0 saturated heterocycles. The summed E-state index contributed by atoms with van der Waals surface area (Å²) in [6.45, 7) is 1.34. The van der Waals surface area contributed by atoms with E-state index in [0.29, 0.717) is 22.6 Å². The molecule has 2 N–H and O–H groups in total. The second kappa shape index (κ2) is 9.44. The van der Waals surface area contributed by atoms with E-state index in [1.807, 2.05) is 6.07 Å². The number of nitrogens with one attached hydrogen (secondary N) is 2. The number of hydrogen-bond donors (Lipinski definition) is 2. The number of carbonyl (C=O) groups excluding carboxylic acids is 2. The van der Waals surface area contributed by atoms with Crippen molar-refractivity contribution in [2.75, 3.05) is 28.5 Å². The highest BCUT2D eigenvalue weighted by molar-refractivity contribution is 7.92. The molecule has 3 rings (SSSR count). The normalized spacial score (nSPS) is 10.9. The van der Waals surface area contributed by atoms with Gasteiger partial charge in [-0.2, -0.15) is 0 Å². The third-order valence-electron chi connectivity index (χ3n) is 4.65. The summed E-state index contributed by atoms with van der Waals surface area (Å²) in [4.78, 5) is 24.1. The second-order valence-electron chi connectivity index (χ2n) is 6.84. The lowest BCUT2D eigenvalue weighted by atomic mass is 10.1. The summed E-state index contributed by atoms with van der Waals surface area (Å²) in [5, 5.41) is 5.62. The number of Topliss-reactive ketones (excluding diaryl/α,β-unsaturated/α-hetero) is 1. The van der Waals surface area contributed by atoms with Gasteiger partial charge in [-0.05, 0) is 49.4 Å². The first-order chi connectivity index (χ1) is 14.8. The van der Waals surface area contributed by atoms with E-state index < -0.39 is 10.0 Å². The van der Waals surface area contributed by atoms with Gasteiger partial charge in [-0.15, -0.1) is 0 Å². The molecular weight excluding hydrogens is 414 g/mol. The van der Waals surface area contributed by atoms with Gasteiger partial charge in [0.2, 0.25) is 5.91 Å². The molecule has 1 amide bonds. The van der Waals surface area contributed by atoms with Crippen LogP contribution in [0.1, 0.15) is 17.3 Å². The molecule has 7 nitrogen and oxygen atoms in total. The molecule has 3 aromatic rings. The summed E-state index contributed by atoms with van der Waals surface area (Å²) in [5.74, 6) is -0.507. The van der Waals surface area contributed by atoms with Gasteiger partial charge >= 0.3 is 0 Å². The highest BCUT2D eigenvalue weighted by atomic mass is 32.2. The average Bonchev–Trinajstić information content (AvgIpc) is 2.78. The van der Waals surface area contributed by atoms with Crippen molar-refractivity contribution in [2.45, 2.75) is 11.8 Å². The summed E-state index contributed by atoms with van der Waals surface area (Å²) in [7, 11) is -2.27. The molecule has 0 saturated carbocycles. The Morgan fingerprint density at radius 3 is 2.29 bits per heavy atom. The van der Waals surface area contributed by atoms with Gasteiger partial charge in [-0.25, -0.2) is 8.42 Å². The molecule has 0 fully saturated rings. The van der Waals surface area contributed by atoms with Gasteiger partial charge in [0.1, 0.15) is 0 Å². The Labute approximate surface area is 181 Å². The van der Waals surface area contributed by atoms with Crippen LogP contribution in [0.4, 0.5) is 17.1 Å². The summed E-state index contributed by atoms with van der Waals surface area (Å²) in [6, 6.07) is 21.8. The monoisotopic (exact) mass is 437 g/mol. The lowest BCUT2D eigenvalue weighted by Crippen LogP contribution is -2.26. The second-order valence-corrected chi connectivity index (χ2v) is 8.81. The number of benzene rings is 3. The fraction of sp³-hybridized carbons (Fsp3) is 0.130. The molecule has 0 aliphatic carbocycles. The van der Waals surface area contributed by atoms with Crippen LogP contribution in [0.3, 0.4) is 0 Å². The van der Waals surface area contributed by atoms with E-state index in [0.717, 1.165) is 0 Å². The largest absolute Gasteiger partial charge is 0.376 e. The van der Waals surface area contributed by atoms with E-state index in [1.165, 1.54) is 30.4 Å². The molecule has 0 aromatic heterocycles. The number of carbonyl (C=O) groups is 2. The van der Waals surface area contributed by atoms with Crippen LogP contribution in [-0.2, 0) is 14.8 Å². The van der Waals surface area contributed by atoms with Crippen molar-refractivity contribution in [3.63, 3.8) is 0 Å². The van der Waals surface area contributed by atoms with Gasteiger partial charge in [-0.3, -0.25) is 13.9 Å². The summed E-state index contributed by atoms with van der Waals surface area (Å²) >= 11 is 0. The van der Waals surface area contributed by atoms with Crippen molar-refractivity contribution in [1.82, 2.24) is 0 Å². The Hall–Kier alpha value is -3.65. The van der Waals surface area contributed by atoms with Crippen molar-refractivity contribution < 1.29 is 18.0 Å². The van der Waals surface area contributed by atoms with Crippen molar-refractivity contribution in [2.24, 2.45) is 0 Å². The van der Waals surface area contributed by atoms with Crippen LogP contribution in [0.2, 0.25) is 0 Å². The molecule has 8 heteroatoms. The molecular formula is C23H23N3O4S. The van der Waals surface area contributed by atoms with E-state index >= 15 is 0 Å². The van der Waals surface area contributed by atoms with Crippen molar-refractivity contribution in [3.8, 4) is 0 Å². The summed E-state index contributed by atoms with van der Waals surface area (Å²) in [6.07, 6.45) is 0. The first-order valence-electron chi connectivity index (χ1n) is 9.57. The van der Waals surface area contributed by atoms with Crippen LogP contribution in [0.25, 0.3) is 0 Å². The van der Waals surface area contributed by atoms with E-state index in [4.69, 9.17) is 0 Å². The van der Waals surface area contributed by atoms with Crippen molar-refractivity contribution in [3.05, 3.63) is 84.4 Å². The molecule has 0 spiro atoms. The average molecular weight is 438 g/mol. The molecule has 3 aromatic carbocycles. The highest BCUT2D eigenvalue weighted by Gasteiger charge is 2.21. The van der Waals surface area contributed by atoms with Crippen molar-refractivity contribution >= 4 is 38.8 Å². The minimum Gasteiger partial charge on any atom is -0.376 e. The van der Waals surface area contributed by atoms with Gasteiger partial charge in [0.15, 0.2) is 5.78 Å². The van der Waals surface area contributed by atoms with Crippen LogP contribution < -0.4 is 14.9 Å². The number of hydrogen-bond acceptors (Lipinski definition) is 5. The zero-order chi connectivity index (χ0) is 22.4. The topological polar surface area (TPSA) is 95.6 Å².